The van der Waals surface area contributed by atoms with Crippen molar-refractivity contribution < 1.29 is 23.8 Å². The van der Waals surface area contributed by atoms with Gasteiger partial charge in [-0.15, -0.1) is 0 Å². The van der Waals surface area contributed by atoms with E-state index >= 15 is 0 Å². The SMILES string of the molecule is CCCOc1ccccc1NC(=O)COC(=O)CCCOc1cccc(Br)c1. The third-order valence-corrected chi connectivity index (χ3v) is 4.07. The van der Waals surface area contributed by atoms with Gasteiger partial charge in [0.2, 0.25) is 0 Å². The molecule has 0 radical (unpaired) electrons. The van der Waals surface area contributed by atoms with Gasteiger partial charge in [-0.3, -0.25) is 9.59 Å². The van der Waals surface area contributed by atoms with Crippen LogP contribution >= 0.6 is 15.9 Å². The standard InChI is InChI=1S/C21H24BrNO5/c1-2-12-27-19-10-4-3-9-18(19)23-20(24)15-28-21(25)11-6-13-26-17-8-5-7-16(22)14-17/h3-5,7-10,14H,2,6,11-13,15H2,1H3,(H,23,24). The van der Waals surface area contributed by atoms with Gasteiger partial charge in [0.15, 0.2) is 6.61 Å². The second-order valence-electron chi connectivity index (χ2n) is 5.96. The first-order valence-electron chi connectivity index (χ1n) is 9.14. The Kier molecular flexibility index (Phi) is 9.34. The molecule has 0 aliphatic carbocycles. The van der Waals surface area contributed by atoms with Gasteiger partial charge >= 0.3 is 5.97 Å². The van der Waals surface area contributed by atoms with Crippen LogP contribution in [0.4, 0.5) is 5.69 Å². The summed E-state index contributed by atoms with van der Waals surface area (Å²) < 4.78 is 17.1. The van der Waals surface area contributed by atoms with Crippen molar-refractivity contribution in [2.75, 3.05) is 25.1 Å². The van der Waals surface area contributed by atoms with Crippen LogP contribution in [0.5, 0.6) is 11.5 Å². The van der Waals surface area contributed by atoms with Crippen molar-refractivity contribution >= 4 is 33.5 Å². The Morgan fingerprint density at radius 3 is 2.64 bits per heavy atom. The monoisotopic (exact) mass is 449 g/mol. The average Bonchev–Trinajstić information content (AvgIpc) is 2.69. The van der Waals surface area contributed by atoms with Gasteiger partial charge in [-0.25, -0.2) is 0 Å². The fraction of sp³-hybridized carbons (Fsp3) is 0.333. The Bertz CT molecular complexity index is 781. The third-order valence-electron chi connectivity index (χ3n) is 3.58. The largest absolute Gasteiger partial charge is 0.494 e. The Morgan fingerprint density at radius 1 is 1.04 bits per heavy atom. The molecular weight excluding hydrogens is 426 g/mol. The Labute approximate surface area is 173 Å². The summed E-state index contributed by atoms with van der Waals surface area (Å²) in [5.41, 5.74) is 0.555. The highest BCUT2D eigenvalue weighted by atomic mass is 79.9. The number of esters is 1. The number of nitrogens with one attached hydrogen (secondary N) is 1. The summed E-state index contributed by atoms with van der Waals surface area (Å²) >= 11 is 3.37. The molecule has 0 unspecified atom stereocenters. The first-order chi connectivity index (χ1) is 13.6. The number of amides is 1. The lowest BCUT2D eigenvalue weighted by Gasteiger charge is -2.12. The molecule has 0 aliphatic rings. The molecule has 0 aromatic heterocycles. The number of halogens is 1. The van der Waals surface area contributed by atoms with Crippen LogP contribution in [-0.4, -0.2) is 31.7 Å². The minimum atomic E-state index is -0.441. The zero-order valence-electron chi connectivity index (χ0n) is 15.8. The van der Waals surface area contributed by atoms with Gasteiger partial charge in [-0.2, -0.15) is 0 Å². The summed E-state index contributed by atoms with van der Waals surface area (Å²) in [6.07, 6.45) is 1.54. The number of anilines is 1. The van der Waals surface area contributed by atoms with Crippen LogP contribution in [-0.2, 0) is 14.3 Å². The van der Waals surface area contributed by atoms with Gasteiger partial charge in [0.1, 0.15) is 11.5 Å². The molecule has 1 amide bonds. The van der Waals surface area contributed by atoms with Crippen LogP contribution in [0.2, 0.25) is 0 Å². The lowest BCUT2D eigenvalue weighted by atomic mass is 10.3. The molecule has 0 fully saturated rings. The van der Waals surface area contributed by atoms with Crippen molar-refractivity contribution in [3.8, 4) is 11.5 Å². The normalized spacial score (nSPS) is 10.2. The predicted molar refractivity (Wildman–Crippen MR) is 111 cm³/mol. The fourth-order valence-corrected chi connectivity index (χ4v) is 2.65. The van der Waals surface area contributed by atoms with E-state index in [1.54, 1.807) is 18.2 Å². The second kappa shape index (κ2) is 12.0. The van der Waals surface area contributed by atoms with Crippen molar-refractivity contribution in [2.45, 2.75) is 26.2 Å². The van der Waals surface area contributed by atoms with E-state index in [0.29, 0.717) is 31.1 Å². The molecule has 2 aromatic carbocycles. The molecule has 2 rings (SSSR count). The number of ether oxygens (including phenoxy) is 3. The zero-order chi connectivity index (χ0) is 20.2. The highest BCUT2D eigenvalue weighted by Gasteiger charge is 2.10. The summed E-state index contributed by atoms with van der Waals surface area (Å²) in [4.78, 5) is 23.8. The molecule has 7 heteroatoms. The van der Waals surface area contributed by atoms with E-state index in [-0.39, 0.29) is 13.0 Å². The van der Waals surface area contributed by atoms with Crippen molar-refractivity contribution in [2.24, 2.45) is 0 Å². The fourth-order valence-electron chi connectivity index (χ4n) is 2.28. The minimum absolute atomic E-state index is 0.178. The molecule has 0 saturated carbocycles. The van der Waals surface area contributed by atoms with Gasteiger partial charge in [0, 0.05) is 10.9 Å². The quantitative estimate of drug-likeness (QED) is 0.401. The molecule has 0 aliphatic heterocycles. The van der Waals surface area contributed by atoms with Crippen LogP contribution in [0.25, 0.3) is 0 Å². The van der Waals surface area contributed by atoms with E-state index in [1.165, 1.54) is 0 Å². The van der Waals surface area contributed by atoms with Gasteiger partial charge in [0.25, 0.3) is 5.91 Å². The Balaban J connectivity index is 1.66. The van der Waals surface area contributed by atoms with E-state index in [0.717, 1.165) is 16.6 Å². The van der Waals surface area contributed by atoms with Gasteiger partial charge in [-0.05, 0) is 43.2 Å². The first-order valence-corrected chi connectivity index (χ1v) is 9.93. The molecule has 1 N–H and O–H groups in total. The van der Waals surface area contributed by atoms with E-state index in [9.17, 15) is 9.59 Å². The van der Waals surface area contributed by atoms with E-state index in [1.807, 2.05) is 37.3 Å². The molecular formula is C21H24BrNO5. The number of carbonyl (C=O) groups excluding carboxylic acids is 2. The summed E-state index contributed by atoms with van der Waals surface area (Å²) in [6.45, 7) is 2.61. The lowest BCUT2D eigenvalue weighted by Crippen LogP contribution is -2.21. The first kappa shape index (κ1) is 21.8. The van der Waals surface area contributed by atoms with Crippen LogP contribution in [0.15, 0.2) is 53.0 Å². The number of hydrogen-bond donors (Lipinski definition) is 1. The maximum atomic E-state index is 12.0. The summed E-state index contributed by atoms with van der Waals surface area (Å²) in [7, 11) is 0. The number of rotatable bonds is 11. The number of benzene rings is 2. The van der Waals surface area contributed by atoms with Crippen LogP contribution in [0.3, 0.4) is 0 Å². The number of hydrogen-bond acceptors (Lipinski definition) is 5. The molecule has 0 atom stereocenters. The summed E-state index contributed by atoms with van der Waals surface area (Å²) in [6, 6.07) is 14.6. The van der Waals surface area contributed by atoms with Crippen LogP contribution < -0.4 is 14.8 Å². The predicted octanol–water partition coefficient (Wildman–Crippen LogP) is 4.58. The number of carbonyl (C=O) groups is 2. The smallest absolute Gasteiger partial charge is 0.306 e. The zero-order valence-corrected chi connectivity index (χ0v) is 17.4. The lowest BCUT2D eigenvalue weighted by molar-refractivity contribution is -0.147. The maximum absolute atomic E-state index is 12.0. The highest BCUT2D eigenvalue weighted by Crippen LogP contribution is 2.23. The molecule has 6 nitrogen and oxygen atoms in total. The average molecular weight is 450 g/mol. The van der Waals surface area contributed by atoms with Gasteiger partial charge < -0.3 is 19.5 Å². The topological polar surface area (TPSA) is 73.9 Å². The molecule has 0 heterocycles. The summed E-state index contributed by atoms with van der Waals surface area (Å²) in [5, 5.41) is 2.70. The van der Waals surface area contributed by atoms with Gasteiger partial charge in [0.05, 0.1) is 18.9 Å². The Morgan fingerprint density at radius 2 is 1.86 bits per heavy atom. The summed E-state index contributed by atoms with van der Waals surface area (Å²) in [5.74, 6) is 0.467. The number of para-hydroxylation sites is 2. The van der Waals surface area contributed by atoms with E-state index < -0.39 is 11.9 Å². The van der Waals surface area contributed by atoms with Crippen molar-refractivity contribution in [3.63, 3.8) is 0 Å². The molecule has 28 heavy (non-hydrogen) atoms. The maximum Gasteiger partial charge on any atom is 0.306 e. The minimum Gasteiger partial charge on any atom is -0.494 e. The molecule has 2 aromatic rings. The molecule has 0 saturated heterocycles. The van der Waals surface area contributed by atoms with Crippen molar-refractivity contribution in [1.29, 1.82) is 0 Å². The van der Waals surface area contributed by atoms with Crippen molar-refractivity contribution in [1.82, 2.24) is 0 Å². The van der Waals surface area contributed by atoms with Crippen LogP contribution in [0.1, 0.15) is 26.2 Å². The molecule has 150 valence electrons. The molecule has 0 spiro atoms. The van der Waals surface area contributed by atoms with Gasteiger partial charge in [-0.1, -0.05) is 41.1 Å². The van der Waals surface area contributed by atoms with E-state index in [4.69, 9.17) is 14.2 Å². The van der Waals surface area contributed by atoms with E-state index in [2.05, 4.69) is 21.2 Å². The third kappa shape index (κ3) is 8.00. The van der Waals surface area contributed by atoms with Crippen molar-refractivity contribution in [3.05, 3.63) is 53.0 Å². The Hall–Kier alpha value is -2.54. The van der Waals surface area contributed by atoms with Crippen LogP contribution in [0, 0.1) is 0 Å². The molecule has 0 bridgehead atoms. The second-order valence-corrected chi connectivity index (χ2v) is 6.88. The highest BCUT2D eigenvalue weighted by molar-refractivity contribution is 9.10.